The summed E-state index contributed by atoms with van der Waals surface area (Å²) >= 11 is 0. The minimum absolute atomic E-state index is 0.0840. The highest BCUT2D eigenvalue weighted by Gasteiger charge is 2.28. The molecule has 0 aromatic heterocycles. The topological polar surface area (TPSA) is 43.4 Å². The molecule has 54 valence electrons. The number of ether oxygens (including phenoxy) is 1. The molecule has 0 aromatic rings. The number of hydrogen-bond donors (Lipinski definition) is 0. The van der Waals surface area contributed by atoms with Gasteiger partial charge in [-0.2, -0.15) is 0 Å². The van der Waals surface area contributed by atoms with Crippen molar-refractivity contribution in [3.05, 3.63) is 11.1 Å². The Balaban J connectivity index is 3.05. The van der Waals surface area contributed by atoms with E-state index in [1.54, 1.807) is 13.8 Å². The van der Waals surface area contributed by atoms with Crippen molar-refractivity contribution >= 4 is 11.8 Å². The van der Waals surface area contributed by atoms with Crippen LogP contribution < -0.4 is 0 Å². The fourth-order valence-electron chi connectivity index (χ4n) is 0.872. The maximum Gasteiger partial charge on any atom is 0.342 e. The number of rotatable bonds is 0. The molecule has 3 heteroatoms. The van der Waals surface area contributed by atoms with Gasteiger partial charge in [0, 0.05) is 0 Å². The van der Waals surface area contributed by atoms with E-state index < -0.39 is 5.97 Å². The number of allylic oxidation sites excluding steroid dienone is 1. The molecular weight excluding hydrogens is 132 g/mol. The summed E-state index contributed by atoms with van der Waals surface area (Å²) < 4.78 is 4.49. The van der Waals surface area contributed by atoms with E-state index >= 15 is 0 Å². The Morgan fingerprint density at radius 1 is 1.40 bits per heavy atom. The normalized spacial score (nSPS) is 17.6. The van der Waals surface area contributed by atoms with Gasteiger partial charge in [-0.3, -0.25) is 4.79 Å². The third-order valence-electron chi connectivity index (χ3n) is 1.32. The number of carbonyl (C=O) groups excluding carboxylic acids is 2. The van der Waals surface area contributed by atoms with Crippen LogP contribution in [-0.4, -0.2) is 18.4 Å². The summed E-state index contributed by atoms with van der Waals surface area (Å²) in [5, 5.41) is 0. The molecule has 0 aromatic carbocycles. The summed E-state index contributed by atoms with van der Waals surface area (Å²) in [7, 11) is 0. The molecule has 1 heterocycles. The second-order valence-corrected chi connectivity index (χ2v) is 2.37. The monoisotopic (exact) mass is 140 g/mol. The zero-order valence-electron chi connectivity index (χ0n) is 5.93. The quantitative estimate of drug-likeness (QED) is 0.279. The Bertz CT molecular complexity index is 203. The molecule has 1 aliphatic heterocycles. The summed E-state index contributed by atoms with van der Waals surface area (Å²) in [6, 6.07) is 0. The van der Waals surface area contributed by atoms with Crippen LogP contribution in [0.25, 0.3) is 0 Å². The van der Waals surface area contributed by atoms with Gasteiger partial charge in [-0.1, -0.05) is 5.57 Å². The first-order chi connectivity index (χ1) is 4.63. The van der Waals surface area contributed by atoms with Gasteiger partial charge in [-0.05, 0) is 13.8 Å². The van der Waals surface area contributed by atoms with Crippen LogP contribution in [0.15, 0.2) is 11.1 Å². The molecule has 0 atom stereocenters. The minimum Gasteiger partial charge on any atom is -0.454 e. The van der Waals surface area contributed by atoms with Gasteiger partial charge < -0.3 is 4.74 Å². The molecule has 1 aliphatic rings. The van der Waals surface area contributed by atoms with E-state index in [1.165, 1.54) is 0 Å². The maximum atomic E-state index is 10.8. The first-order valence-electron chi connectivity index (χ1n) is 3.00. The zero-order chi connectivity index (χ0) is 7.72. The lowest BCUT2D eigenvalue weighted by Gasteiger charge is -1.90. The van der Waals surface area contributed by atoms with Crippen LogP contribution in [0.3, 0.4) is 0 Å². The van der Waals surface area contributed by atoms with Crippen molar-refractivity contribution in [2.24, 2.45) is 0 Å². The first kappa shape index (κ1) is 6.99. The summed E-state index contributed by atoms with van der Waals surface area (Å²) in [6.07, 6.45) is 0. The zero-order valence-corrected chi connectivity index (χ0v) is 5.93. The smallest absolute Gasteiger partial charge is 0.342 e. The van der Waals surface area contributed by atoms with Crippen LogP contribution in [0.4, 0.5) is 0 Å². The highest BCUT2D eigenvalue weighted by atomic mass is 16.5. The van der Waals surface area contributed by atoms with Crippen molar-refractivity contribution in [3.63, 3.8) is 0 Å². The fraction of sp³-hybridized carbons (Fsp3) is 0.429. The molecule has 0 bridgehead atoms. The molecule has 0 unspecified atom stereocenters. The van der Waals surface area contributed by atoms with Gasteiger partial charge in [0.2, 0.25) is 5.78 Å². The van der Waals surface area contributed by atoms with Crippen molar-refractivity contribution in [2.45, 2.75) is 13.8 Å². The van der Waals surface area contributed by atoms with Gasteiger partial charge in [-0.25, -0.2) is 4.79 Å². The number of hydrogen-bond acceptors (Lipinski definition) is 3. The minimum atomic E-state index is -0.481. The van der Waals surface area contributed by atoms with Gasteiger partial charge in [0.25, 0.3) is 0 Å². The van der Waals surface area contributed by atoms with Gasteiger partial charge in [0.05, 0.1) is 0 Å². The highest BCUT2D eigenvalue weighted by Crippen LogP contribution is 2.13. The third-order valence-corrected chi connectivity index (χ3v) is 1.32. The Morgan fingerprint density at radius 3 is 2.20 bits per heavy atom. The molecule has 0 spiro atoms. The molecule has 0 N–H and O–H groups in total. The van der Waals surface area contributed by atoms with Crippen LogP contribution in [0.5, 0.6) is 0 Å². The van der Waals surface area contributed by atoms with E-state index in [4.69, 9.17) is 0 Å². The van der Waals surface area contributed by atoms with E-state index in [9.17, 15) is 9.59 Å². The summed E-state index contributed by atoms with van der Waals surface area (Å²) in [4.78, 5) is 21.5. The SMILES string of the molecule is CC(C)=C1C(=O)COC1=O. The molecule has 1 saturated heterocycles. The van der Waals surface area contributed by atoms with E-state index in [0.717, 1.165) is 5.57 Å². The van der Waals surface area contributed by atoms with Gasteiger partial charge in [0.15, 0.2) is 6.61 Å². The van der Waals surface area contributed by atoms with E-state index in [1.807, 2.05) is 0 Å². The first-order valence-corrected chi connectivity index (χ1v) is 3.00. The van der Waals surface area contributed by atoms with Crippen molar-refractivity contribution < 1.29 is 14.3 Å². The second-order valence-electron chi connectivity index (χ2n) is 2.37. The van der Waals surface area contributed by atoms with Crippen LogP contribution in [0.1, 0.15) is 13.8 Å². The summed E-state index contributed by atoms with van der Waals surface area (Å²) in [6.45, 7) is 3.36. The fourth-order valence-corrected chi connectivity index (χ4v) is 0.872. The number of ketones is 1. The molecular formula is C7H8O3. The lowest BCUT2D eigenvalue weighted by Crippen LogP contribution is -2.02. The van der Waals surface area contributed by atoms with Crippen LogP contribution in [-0.2, 0) is 14.3 Å². The van der Waals surface area contributed by atoms with Gasteiger partial charge in [-0.15, -0.1) is 0 Å². The molecule has 0 radical (unpaired) electrons. The number of Topliss-reactive ketones (excluding diaryl/α,β-unsaturated/α-hetero) is 1. The number of esters is 1. The summed E-state index contributed by atoms with van der Waals surface area (Å²) in [5.41, 5.74) is 0.951. The lowest BCUT2D eigenvalue weighted by atomic mass is 10.1. The van der Waals surface area contributed by atoms with E-state index in [2.05, 4.69) is 4.74 Å². The lowest BCUT2D eigenvalue weighted by molar-refractivity contribution is -0.135. The Morgan fingerprint density at radius 2 is 2.00 bits per heavy atom. The predicted molar refractivity (Wildman–Crippen MR) is 34.3 cm³/mol. The third kappa shape index (κ3) is 0.943. The molecule has 1 fully saturated rings. The molecule has 0 amide bonds. The van der Waals surface area contributed by atoms with E-state index in [0.29, 0.717) is 0 Å². The van der Waals surface area contributed by atoms with E-state index in [-0.39, 0.29) is 18.0 Å². The number of carbonyl (C=O) groups is 2. The van der Waals surface area contributed by atoms with Crippen molar-refractivity contribution in [2.75, 3.05) is 6.61 Å². The number of cyclic esters (lactones) is 1. The largest absolute Gasteiger partial charge is 0.454 e. The molecule has 10 heavy (non-hydrogen) atoms. The standard InChI is InChI=1S/C7H8O3/c1-4(2)6-5(8)3-10-7(6)9/h3H2,1-2H3. The Kier molecular flexibility index (Phi) is 1.57. The molecule has 0 saturated carbocycles. The second kappa shape index (κ2) is 2.25. The molecule has 0 aliphatic carbocycles. The Labute approximate surface area is 58.7 Å². The summed E-state index contributed by atoms with van der Waals surface area (Å²) in [5.74, 6) is -0.685. The predicted octanol–water partition coefficient (Wildman–Crippen LogP) is 0.449. The van der Waals surface area contributed by atoms with Crippen LogP contribution >= 0.6 is 0 Å². The Hall–Kier alpha value is -1.12. The van der Waals surface area contributed by atoms with Crippen molar-refractivity contribution in [3.8, 4) is 0 Å². The van der Waals surface area contributed by atoms with Crippen LogP contribution in [0, 0.1) is 0 Å². The molecule has 1 rings (SSSR count). The van der Waals surface area contributed by atoms with Crippen molar-refractivity contribution in [1.82, 2.24) is 0 Å². The van der Waals surface area contributed by atoms with Gasteiger partial charge >= 0.3 is 5.97 Å². The maximum absolute atomic E-state index is 10.8. The van der Waals surface area contributed by atoms with Crippen LogP contribution in [0.2, 0.25) is 0 Å². The van der Waals surface area contributed by atoms with Gasteiger partial charge in [0.1, 0.15) is 5.57 Å². The molecule has 3 nitrogen and oxygen atoms in total. The van der Waals surface area contributed by atoms with Crippen molar-refractivity contribution in [1.29, 1.82) is 0 Å². The average molecular weight is 140 g/mol. The average Bonchev–Trinajstić information content (AvgIpc) is 2.11. The highest BCUT2D eigenvalue weighted by molar-refractivity contribution is 6.22.